The van der Waals surface area contributed by atoms with Crippen LogP contribution in [0.4, 0.5) is 13.2 Å². The fourth-order valence-corrected chi connectivity index (χ4v) is 2.23. The molecule has 1 aliphatic rings. The predicted octanol–water partition coefficient (Wildman–Crippen LogP) is 2.79. The highest BCUT2D eigenvalue weighted by molar-refractivity contribution is 5.22. The van der Waals surface area contributed by atoms with E-state index in [4.69, 9.17) is 0 Å². The second kappa shape index (κ2) is 4.09. The van der Waals surface area contributed by atoms with E-state index in [1.165, 1.54) is 0 Å². The average Bonchev–Trinajstić information content (AvgIpc) is 2.62. The summed E-state index contributed by atoms with van der Waals surface area (Å²) in [6.45, 7) is 2.86. The number of rotatable bonds is 2. The van der Waals surface area contributed by atoms with Crippen LogP contribution in [-0.4, -0.2) is 12.1 Å². The van der Waals surface area contributed by atoms with Gasteiger partial charge in [-0.15, -0.1) is 0 Å². The van der Waals surface area contributed by atoms with Crippen LogP contribution < -0.4 is 5.32 Å². The van der Waals surface area contributed by atoms with Crippen molar-refractivity contribution < 1.29 is 13.2 Å². The van der Waals surface area contributed by atoms with E-state index in [1.54, 1.807) is 0 Å². The van der Waals surface area contributed by atoms with Gasteiger partial charge in [0, 0.05) is 11.6 Å². The Bertz CT molecular complexity index is 397. The molecule has 0 aromatic heterocycles. The van der Waals surface area contributed by atoms with Gasteiger partial charge in [-0.05, 0) is 44.4 Å². The molecule has 1 nitrogen and oxygen atoms in total. The molecule has 1 N–H and O–H groups in total. The number of hydrogen-bond acceptors (Lipinski definition) is 1. The maximum Gasteiger partial charge on any atom is 0.161 e. The van der Waals surface area contributed by atoms with E-state index in [1.807, 2.05) is 6.92 Å². The van der Waals surface area contributed by atoms with Crippen molar-refractivity contribution in [2.45, 2.75) is 31.7 Å². The van der Waals surface area contributed by atoms with Crippen LogP contribution in [0.2, 0.25) is 0 Å². The number of halogens is 3. The molecule has 1 unspecified atom stereocenters. The first-order chi connectivity index (χ1) is 7.50. The molecule has 1 aromatic rings. The fourth-order valence-electron chi connectivity index (χ4n) is 2.23. The van der Waals surface area contributed by atoms with Gasteiger partial charge in [-0.25, -0.2) is 13.2 Å². The van der Waals surface area contributed by atoms with Gasteiger partial charge in [-0.1, -0.05) is 0 Å². The third-order valence-electron chi connectivity index (χ3n) is 3.13. The van der Waals surface area contributed by atoms with Crippen LogP contribution in [0.25, 0.3) is 0 Å². The van der Waals surface area contributed by atoms with Crippen LogP contribution >= 0.6 is 0 Å². The monoisotopic (exact) mass is 229 g/mol. The Hall–Kier alpha value is -1.03. The molecule has 0 saturated carbocycles. The Kier molecular flexibility index (Phi) is 2.93. The summed E-state index contributed by atoms with van der Waals surface area (Å²) in [5.41, 5.74) is 0.0290. The van der Waals surface area contributed by atoms with E-state index >= 15 is 0 Å². The smallest absolute Gasteiger partial charge is 0.161 e. The van der Waals surface area contributed by atoms with Gasteiger partial charge < -0.3 is 5.32 Å². The maximum atomic E-state index is 13.4. The summed E-state index contributed by atoms with van der Waals surface area (Å²) in [5.74, 6) is -2.79. The van der Waals surface area contributed by atoms with Crippen molar-refractivity contribution in [3.05, 3.63) is 35.1 Å². The zero-order chi connectivity index (χ0) is 11.8. The summed E-state index contributed by atoms with van der Waals surface area (Å²) < 4.78 is 39.2. The highest BCUT2D eigenvalue weighted by Crippen LogP contribution is 2.25. The van der Waals surface area contributed by atoms with Gasteiger partial charge in [0.15, 0.2) is 11.6 Å². The number of benzene rings is 1. The lowest BCUT2D eigenvalue weighted by molar-refractivity contribution is 0.400. The molecule has 0 amide bonds. The summed E-state index contributed by atoms with van der Waals surface area (Å²) in [6, 6.07) is 1.57. The van der Waals surface area contributed by atoms with Gasteiger partial charge >= 0.3 is 0 Å². The molecule has 2 rings (SSSR count). The van der Waals surface area contributed by atoms with E-state index < -0.39 is 17.5 Å². The first kappa shape index (κ1) is 11.5. The summed E-state index contributed by atoms with van der Waals surface area (Å²) >= 11 is 0. The maximum absolute atomic E-state index is 13.4. The van der Waals surface area contributed by atoms with E-state index in [0.717, 1.165) is 25.5 Å². The summed E-state index contributed by atoms with van der Waals surface area (Å²) in [4.78, 5) is 0. The second-order valence-electron chi connectivity index (χ2n) is 4.63. The Balaban J connectivity index is 2.24. The quantitative estimate of drug-likeness (QED) is 0.769. The lowest BCUT2D eigenvalue weighted by atomic mass is 9.91. The van der Waals surface area contributed by atoms with E-state index in [9.17, 15) is 13.2 Å². The zero-order valence-corrected chi connectivity index (χ0v) is 9.12. The lowest BCUT2D eigenvalue weighted by Gasteiger charge is -2.24. The molecule has 88 valence electrons. The zero-order valence-electron chi connectivity index (χ0n) is 9.12. The topological polar surface area (TPSA) is 12.0 Å². The van der Waals surface area contributed by atoms with Gasteiger partial charge in [0.25, 0.3) is 0 Å². The molecule has 1 atom stereocenters. The van der Waals surface area contributed by atoms with Crippen molar-refractivity contribution in [3.8, 4) is 0 Å². The van der Waals surface area contributed by atoms with E-state index in [-0.39, 0.29) is 11.1 Å². The molecule has 4 heteroatoms. The molecule has 1 saturated heterocycles. The third kappa shape index (κ3) is 2.21. The minimum absolute atomic E-state index is 0.203. The van der Waals surface area contributed by atoms with Gasteiger partial charge in [0.05, 0.1) is 0 Å². The SMILES string of the molecule is CC1(Cc2cc(F)c(F)cc2F)CCCN1. The van der Waals surface area contributed by atoms with Crippen LogP contribution in [0.15, 0.2) is 12.1 Å². The van der Waals surface area contributed by atoms with Crippen molar-refractivity contribution in [1.29, 1.82) is 0 Å². The van der Waals surface area contributed by atoms with Crippen LogP contribution in [-0.2, 0) is 6.42 Å². The number of nitrogens with one attached hydrogen (secondary N) is 1. The highest BCUT2D eigenvalue weighted by Gasteiger charge is 2.29. The standard InChI is InChI=1S/C12H14F3N/c1-12(3-2-4-16-12)7-8-5-10(14)11(15)6-9(8)13/h5-6,16H,2-4,7H2,1H3. The van der Waals surface area contributed by atoms with Crippen LogP contribution in [0.3, 0.4) is 0 Å². The first-order valence-corrected chi connectivity index (χ1v) is 5.39. The second-order valence-corrected chi connectivity index (χ2v) is 4.63. The van der Waals surface area contributed by atoms with Crippen molar-refractivity contribution in [3.63, 3.8) is 0 Å². The van der Waals surface area contributed by atoms with Gasteiger partial charge in [-0.3, -0.25) is 0 Å². The molecule has 0 spiro atoms. The molecule has 16 heavy (non-hydrogen) atoms. The van der Waals surface area contributed by atoms with Crippen molar-refractivity contribution in [2.75, 3.05) is 6.54 Å². The third-order valence-corrected chi connectivity index (χ3v) is 3.13. The largest absolute Gasteiger partial charge is 0.311 e. The molecular weight excluding hydrogens is 215 g/mol. The Morgan fingerprint density at radius 3 is 2.50 bits per heavy atom. The lowest BCUT2D eigenvalue weighted by Crippen LogP contribution is -2.38. The average molecular weight is 229 g/mol. The molecule has 1 aromatic carbocycles. The highest BCUT2D eigenvalue weighted by atomic mass is 19.2. The minimum Gasteiger partial charge on any atom is -0.311 e. The molecule has 0 radical (unpaired) electrons. The number of hydrogen-bond donors (Lipinski definition) is 1. The summed E-state index contributed by atoms with van der Waals surface area (Å²) in [5, 5.41) is 3.26. The Morgan fingerprint density at radius 1 is 1.19 bits per heavy atom. The van der Waals surface area contributed by atoms with Gasteiger partial charge in [-0.2, -0.15) is 0 Å². The van der Waals surface area contributed by atoms with Crippen LogP contribution in [0, 0.1) is 17.5 Å². The van der Waals surface area contributed by atoms with Crippen molar-refractivity contribution >= 4 is 0 Å². The molecule has 0 bridgehead atoms. The molecule has 1 aliphatic heterocycles. The molecule has 1 heterocycles. The first-order valence-electron chi connectivity index (χ1n) is 5.39. The van der Waals surface area contributed by atoms with Crippen LogP contribution in [0.5, 0.6) is 0 Å². The van der Waals surface area contributed by atoms with Crippen molar-refractivity contribution in [1.82, 2.24) is 5.32 Å². The predicted molar refractivity (Wildman–Crippen MR) is 55.7 cm³/mol. The minimum atomic E-state index is -1.13. The summed E-state index contributed by atoms with van der Waals surface area (Å²) in [6.07, 6.45) is 2.34. The van der Waals surface area contributed by atoms with Crippen LogP contribution in [0.1, 0.15) is 25.3 Å². The Morgan fingerprint density at radius 2 is 1.88 bits per heavy atom. The van der Waals surface area contributed by atoms with Gasteiger partial charge in [0.1, 0.15) is 5.82 Å². The summed E-state index contributed by atoms with van der Waals surface area (Å²) in [7, 11) is 0. The molecular formula is C12H14F3N. The fraction of sp³-hybridized carbons (Fsp3) is 0.500. The van der Waals surface area contributed by atoms with E-state index in [0.29, 0.717) is 12.5 Å². The Labute approximate surface area is 92.7 Å². The molecule has 0 aliphatic carbocycles. The normalized spacial score (nSPS) is 25.0. The van der Waals surface area contributed by atoms with Crippen molar-refractivity contribution in [2.24, 2.45) is 0 Å². The van der Waals surface area contributed by atoms with Gasteiger partial charge in [0.2, 0.25) is 0 Å². The molecule has 1 fully saturated rings. The van der Waals surface area contributed by atoms with E-state index in [2.05, 4.69) is 5.32 Å².